The highest BCUT2D eigenvalue weighted by Crippen LogP contribution is 2.30. The van der Waals surface area contributed by atoms with E-state index in [9.17, 15) is 25.4 Å². The minimum Gasteiger partial charge on any atom is -0.394 e. The van der Waals surface area contributed by atoms with Crippen molar-refractivity contribution in [3.05, 3.63) is 39.9 Å². The monoisotopic (exact) mass is 315 g/mol. The molecule has 1 aromatic carbocycles. The van der Waals surface area contributed by atoms with E-state index in [0.717, 1.165) is 0 Å². The third-order valence-corrected chi connectivity index (χ3v) is 3.38. The average molecular weight is 315 g/mol. The maximum Gasteiger partial charge on any atom is 0.269 e. The van der Waals surface area contributed by atoms with E-state index in [0.29, 0.717) is 5.56 Å². The molecule has 1 heterocycles. The summed E-state index contributed by atoms with van der Waals surface area (Å²) in [6, 6.07) is 5.67. The molecule has 22 heavy (non-hydrogen) atoms. The van der Waals surface area contributed by atoms with Crippen LogP contribution < -0.4 is 0 Å². The molecular formula is C13H17NO8. The molecule has 0 saturated carbocycles. The van der Waals surface area contributed by atoms with Crippen LogP contribution in [0.15, 0.2) is 24.3 Å². The van der Waals surface area contributed by atoms with Gasteiger partial charge in [0.2, 0.25) is 0 Å². The Morgan fingerprint density at radius 1 is 1.36 bits per heavy atom. The van der Waals surface area contributed by atoms with E-state index < -0.39 is 42.2 Å². The number of hydrogen-bond donors (Lipinski definition) is 4. The number of aliphatic hydroxyl groups is 4. The van der Waals surface area contributed by atoms with E-state index in [4.69, 9.17) is 14.6 Å². The van der Waals surface area contributed by atoms with Gasteiger partial charge in [0.05, 0.1) is 18.1 Å². The normalized spacial score (nSPS) is 25.6. The number of non-ortho nitro benzene ring substituents is 1. The molecule has 2 rings (SSSR count). The van der Waals surface area contributed by atoms with Crippen LogP contribution in [-0.2, 0) is 9.47 Å². The smallest absolute Gasteiger partial charge is 0.269 e. The summed E-state index contributed by atoms with van der Waals surface area (Å²) in [6.07, 6.45) is -6.41. The van der Waals surface area contributed by atoms with Crippen molar-refractivity contribution in [2.75, 3.05) is 13.2 Å². The molecule has 0 aromatic heterocycles. The number of aliphatic hydroxyl groups excluding tert-OH is 4. The van der Waals surface area contributed by atoms with Gasteiger partial charge in [-0.15, -0.1) is 0 Å². The Morgan fingerprint density at radius 3 is 2.73 bits per heavy atom. The van der Waals surface area contributed by atoms with Crippen molar-refractivity contribution in [2.45, 2.75) is 30.7 Å². The van der Waals surface area contributed by atoms with E-state index in [-0.39, 0.29) is 12.3 Å². The molecule has 1 unspecified atom stereocenters. The molecule has 122 valence electrons. The van der Waals surface area contributed by atoms with Gasteiger partial charge in [0.1, 0.15) is 24.4 Å². The van der Waals surface area contributed by atoms with Crippen LogP contribution in [0, 0.1) is 10.1 Å². The first-order valence-corrected chi connectivity index (χ1v) is 6.60. The molecule has 1 aromatic rings. The van der Waals surface area contributed by atoms with E-state index >= 15 is 0 Å². The number of nitro groups is 1. The Morgan fingerprint density at radius 2 is 2.09 bits per heavy atom. The van der Waals surface area contributed by atoms with Crippen LogP contribution in [0.4, 0.5) is 5.69 Å². The molecule has 0 spiro atoms. The van der Waals surface area contributed by atoms with Crippen LogP contribution in [0.25, 0.3) is 0 Å². The Balaban J connectivity index is 2.03. The molecule has 5 atom stereocenters. The zero-order valence-electron chi connectivity index (χ0n) is 11.5. The maximum absolute atomic E-state index is 10.7. The fraction of sp³-hybridized carbons (Fsp3) is 0.538. The Hall–Kier alpha value is -1.62. The topological polar surface area (TPSA) is 143 Å². The highest BCUT2D eigenvalue weighted by atomic mass is 16.7. The van der Waals surface area contributed by atoms with Gasteiger partial charge in [0.25, 0.3) is 5.69 Å². The van der Waals surface area contributed by atoms with Gasteiger partial charge >= 0.3 is 0 Å². The summed E-state index contributed by atoms with van der Waals surface area (Å²) in [5.74, 6) is 0. The quantitative estimate of drug-likeness (QED) is 0.390. The lowest BCUT2D eigenvalue weighted by Gasteiger charge is -2.25. The summed E-state index contributed by atoms with van der Waals surface area (Å²) < 4.78 is 10.7. The van der Waals surface area contributed by atoms with Gasteiger partial charge in [-0.25, -0.2) is 0 Å². The molecule has 1 saturated heterocycles. The lowest BCUT2D eigenvalue weighted by atomic mass is 10.0. The largest absolute Gasteiger partial charge is 0.394 e. The third kappa shape index (κ3) is 3.58. The number of hydrogen-bond acceptors (Lipinski definition) is 8. The first-order chi connectivity index (χ1) is 10.4. The van der Waals surface area contributed by atoms with Gasteiger partial charge in [-0.3, -0.25) is 10.1 Å². The van der Waals surface area contributed by atoms with E-state index in [1.807, 2.05) is 0 Å². The van der Waals surface area contributed by atoms with Gasteiger partial charge in [0.15, 0.2) is 6.29 Å². The molecule has 9 heteroatoms. The molecule has 1 aliphatic heterocycles. The lowest BCUT2D eigenvalue weighted by Crippen LogP contribution is -2.46. The van der Waals surface area contributed by atoms with Crippen molar-refractivity contribution in [1.82, 2.24) is 0 Å². The summed E-state index contributed by atoms with van der Waals surface area (Å²) >= 11 is 0. The number of rotatable bonds is 6. The lowest BCUT2D eigenvalue weighted by molar-refractivity contribution is -0.385. The predicted molar refractivity (Wildman–Crippen MR) is 71.8 cm³/mol. The molecule has 0 aliphatic carbocycles. The number of ether oxygens (including phenoxy) is 2. The highest BCUT2D eigenvalue weighted by Gasteiger charge is 2.38. The summed E-state index contributed by atoms with van der Waals surface area (Å²) in [5, 5.41) is 48.3. The molecule has 9 nitrogen and oxygen atoms in total. The Bertz CT molecular complexity index is 525. The molecule has 4 N–H and O–H groups in total. The van der Waals surface area contributed by atoms with E-state index in [2.05, 4.69) is 0 Å². The van der Waals surface area contributed by atoms with E-state index in [1.54, 1.807) is 6.07 Å². The van der Waals surface area contributed by atoms with Gasteiger partial charge in [-0.1, -0.05) is 12.1 Å². The summed E-state index contributed by atoms with van der Waals surface area (Å²) in [5.41, 5.74) is 0.283. The Kier molecular flexibility index (Phi) is 5.40. The molecule has 0 amide bonds. The molecule has 1 aliphatic rings. The van der Waals surface area contributed by atoms with Crippen LogP contribution in [-0.4, -0.2) is 63.0 Å². The van der Waals surface area contributed by atoms with Gasteiger partial charge in [0, 0.05) is 17.7 Å². The van der Waals surface area contributed by atoms with Crippen molar-refractivity contribution < 1.29 is 34.8 Å². The van der Waals surface area contributed by atoms with Crippen LogP contribution in [0.1, 0.15) is 11.9 Å². The summed E-state index contributed by atoms with van der Waals surface area (Å²) in [7, 11) is 0. The van der Waals surface area contributed by atoms with Crippen molar-refractivity contribution in [1.29, 1.82) is 0 Å². The second-order valence-corrected chi connectivity index (χ2v) is 4.92. The van der Waals surface area contributed by atoms with Crippen LogP contribution >= 0.6 is 0 Å². The summed E-state index contributed by atoms with van der Waals surface area (Å²) in [4.78, 5) is 10.2. The van der Waals surface area contributed by atoms with Crippen LogP contribution in [0.2, 0.25) is 0 Å². The maximum atomic E-state index is 10.7. The van der Waals surface area contributed by atoms with Gasteiger partial charge in [-0.05, 0) is 0 Å². The first kappa shape index (κ1) is 16.7. The molecule has 1 fully saturated rings. The fourth-order valence-electron chi connectivity index (χ4n) is 2.11. The fourth-order valence-corrected chi connectivity index (χ4v) is 2.11. The SMILES string of the molecule is O=[N+]([O-])c1cccc(C2OC[C@H]([C@@H](O)[C@H](O)[C@@H](O)CO)O2)c1. The summed E-state index contributed by atoms with van der Waals surface area (Å²) in [6.45, 7) is -0.774. The van der Waals surface area contributed by atoms with Crippen molar-refractivity contribution in [3.63, 3.8) is 0 Å². The molecular weight excluding hydrogens is 298 g/mol. The second-order valence-electron chi connectivity index (χ2n) is 4.92. The molecule has 0 bridgehead atoms. The van der Waals surface area contributed by atoms with Crippen LogP contribution in [0.5, 0.6) is 0 Å². The van der Waals surface area contributed by atoms with Crippen LogP contribution in [0.3, 0.4) is 0 Å². The number of nitrogens with zero attached hydrogens (tertiary/aromatic N) is 1. The van der Waals surface area contributed by atoms with Gasteiger partial charge < -0.3 is 29.9 Å². The standard InChI is InChI=1S/C13H17NO8/c15-5-9(16)11(17)12(18)10-6-21-13(22-10)7-2-1-3-8(4-7)14(19)20/h1-4,9-13,15-18H,5-6H2/t9-,10+,11+,12+,13?/m0/s1. The molecule has 0 radical (unpaired) electrons. The minimum atomic E-state index is -1.59. The zero-order chi connectivity index (χ0) is 16.3. The van der Waals surface area contributed by atoms with Crippen molar-refractivity contribution >= 4 is 5.69 Å². The van der Waals surface area contributed by atoms with Crippen molar-refractivity contribution in [3.8, 4) is 0 Å². The average Bonchev–Trinajstić information content (AvgIpc) is 3.02. The minimum absolute atomic E-state index is 0.0657. The number of nitro benzene ring substituents is 1. The van der Waals surface area contributed by atoms with Gasteiger partial charge in [-0.2, -0.15) is 0 Å². The zero-order valence-corrected chi connectivity index (χ0v) is 11.5. The second kappa shape index (κ2) is 7.09. The van der Waals surface area contributed by atoms with E-state index in [1.165, 1.54) is 18.2 Å². The first-order valence-electron chi connectivity index (χ1n) is 6.60. The van der Waals surface area contributed by atoms with Crippen molar-refractivity contribution in [2.24, 2.45) is 0 Å². The Labute approximate surface area is 125 Å². The third-order valence-electron chi connectivity index (χ3n) is 3.38. The predicted octanol–water partition coefficient (Wildman–Crippen LogP) is -0.916. The highest BCUT2D eigenvalue weighted by molar-refractivity contribution is 5.35. The number of benzene rings is 1.